The third-order valence-electron chi connectivity index (χ3n) is 2.30. The van der Waals surface area contributed by atoms with Gasteiger partial charge in [-0.2, -0.15) is 11.8 Å². The molecule has 0 radical (unpaired) electrons. The Bertz CT molecular complexity index is 412. The normalized spacial score (nSPS) is 11.9. The van der Waals surface area contributed by atoms with Crippen LogP contribution in [0.5, 0.6) is 0 Å². The van der Waals surface area contributed by atoms with Crippen LogP contribution in [-0.4, -0.2) is 35.6 Å². The largest absolute Gasteiger partial charge is 0.465 e. The van der Waals surface area contributed by atoms with E-state index in [1.165, 1.54) is 13.2 Å². The summed E-state index contributed by atoms with van der Waals surface area (Å²) in [5.74, 6) is 1.91. The summed E-state index contributed by atoms with van der Waals surface area (Å²) in [5.41, 5.74) is 6.65. The number of thioether (sulfide) groups is 1. The number of hydrogen-bond donors (Lipinski definition) is 2. The first-order chi connectivity index (χ1) is 8.58. The molecule has 5 nitrogen and oxygen atoms in total. The average Bonchev–Trinajstić information content (AvgIpc) is 2.37. The molecule has 1 rings (SSSR count). The number of nitrogens with one attached hydrogen (secondary N) is 1. The average molecular weight is 269 g/mol. The van der Waals surface area contributed by atoms with Gasteiger partial charge in [-0.3, -0.25) is 0 Å². The lowest BCUT2D eigenvalue weighted by atomic mass is 10.2. The number of aromatic nitrogens is 1. The van der Waals surface area contributed by atoms with Gasteiger partial charge in [0.25, 0.3) is 0 Å². The fourth-order valence-corrected chi connectivity index (χ4v) is 2.14. The van der Waals surface area contributed by atoms with E-state index in [1.54, 1.807) is 6.20 Å². The maximum Gasteiger partial charge on any atom is 0.340 e. The number of rotatable bonds is 6. The summed E-state index contributed by atoms with van der Waals surface area (Å²) < 4.78 is 4.73. The smallest absolute Gasteiger partial charge is 0.340 e. The maximum absolute atomic E-state index is 11.6. The third-order valence-corrected chi connectivity index (χ3v) is 3.45. The van der Waals surface area contributed by atoms with Crippen LogP contribution in [0.1, 0.15) is 24.2 Å². The van der Waals surface area contributed by atoms with E-state index < -0.39 is 5.97 Å². The van der Waals surface area contributed by atoms with Crippen LogP contribution in [0, 0.1) is 0 Å². The van der Waals surface area contributed by atoms with Gasteiger partial charge in [0, 0.05) is 11.8 Å². The quantitative estimate of drug-likeness (QED) is 0.769. The predicted octanol–water partition coefficient (Wildman–Crippen LogP) is 2.00. The van der Waals surface area contributed by atoms with Crippen LogP contribution in [0.3, 0.4) is 0 Å². The third kappa shape index (κ3) is 4.10. The van der Waals surface area contributed by atoms with Crippen LogP contribution in [0.15, 0.2) is 12.3 Å². The number of carbonyl (C=O) groups excluding carboxylic acids is 1. The Balaban J connectivity index is 2.84. The van der Waals surface area contributed by atoms with Gasteiger partial charge in [0.05, 0.1) is 24.6 Å². The lowest BCUT2D eigenvalue weighted by Gasteiger charge is -2.16. The Hall–Kier alpha value is -1.43. The van der Waals surface area contributed by atoms with Crippen molar-refractivity contribution in [1.82, 2.24) is 4.98 Å². The Morgan fingerprint density at radius 2 is 2.39 bits per heavy atom. The van der Waals surface area contributed by atoms with Gasteiger partial charge in [0.1, 0.15) is 5.82 Å². The first-order valence-electron chi connectivity index (χ1n) is 5.76. The lowest BCUT2D eigenvalue weighted by Crippen LogP contribution is -2.20. The second-order valence-electron chi connectivity index (χ2n) is 3.85. The van der Waals surface area contributed by atoms with Crippen molar-refractivity contribution >= 4 is 29.2 Å². The van der Waals surface area contributed by atoms with Crippen molar-refractivity contribution in [1.29, 1.82) is 0 Å². The van der Waals surface area contributed by atoms with Gasteiger partial charge < -0.3 is 15.8 Å². The van der Waals surface area contributed by atoms with Crippen molar-refractivity contribution in [3.8, 4) is 0 Å². The summed E-state index contributed by atoms with van der Waals surface area (Å²) in [7, 11) is 1.35. The second kappa shape index (κ2) is 7.10. The zero-order chi connectivity index (χ0) is 13.5. The summed E-state index contributed by atoms with van der Waals surface area (Å²) in [5, 5.41) is 3.25. The topological polar surface area (TPSA) is 77.2 Å². The number of pyridine rings is 1. The molecule has 1 aromatic rings. The molecule has 0 aliphatic heterocycles. The molecule has 0 aliphatic rings. The van der Waals surface area contributed by atoms with Gasteiger partial charge in [-0.05, 0) is 18.7 Å². The summed E-state index contributed by atoms with van der Waals surface area (Å²) in [6.07, 6.45) is 1.56. The van der Waals surface area contributed by atoms with Crippen LogP contribution in [0.4, 0.5) is 11.5 Å². The highest BCUT2D eigenvalue weighted by atomic mass is 32.2. The molecule has 1 heterocycles. The van der Waals surface area contributed by atoms with Crippen molar-refractivity contribution < 1.29 is 9.53 Å². The summed E-state index contributed by atoms with van der Waals surface area (Å²) in [6.45, 7) is 4.17. The lowest BCUT2D eigenvalue weighted by molar-refractivity contribution is 0.0601. The summed E-state index contributed by atoms with van der Waals surface area (Å²) in [4.78, 5) is 15.6. The van der Waals surface area contributed by atoms with Crippen molar-refractivity contribution in [3.63, 3.8) is 0 Å². The highest BCUT2D eigenvalue weighted by Crippen LogP contribution is 2.19. The van der Waals surface area contributed by atoms with Crippen LogP contribution >= 0.6 is 11.8 Å². The molecule has 0 amide bonds. The Kier molecular flexibility index (Phi) is 5.77. The molecule has 0 saturated heterocycles. The van der Waals surface area contributed by atoms with E-state index in [-0.39, 0.29) is 6.04 Å². The van der Waals surface area contributed by atoms with Gasteiger partial charge in [-0.1, -0.05) is 6.92 Å². The van der Waals surface area contributed by atoms with Crippen LogP contribution < -0.4 is 11.1 Å². The standard InChI is InChI=1S/C12H19N3O2S/c1-4-18-7-8(2)15-10-6-14-11(13)5-9(10)12(16)17-3/h5-6,8,15H,4,7H2,1-3H3,(H2,13,14). The minimum atomic E-state index is -0.415. The van der Waals surface area contributed by atoms with Crippen LogP contribution in [-0.2, 0) is 4.74 Å². The maximum atomic E-state index is 11.6. The van der Waals surface area contributed by atoms with Gasteiger partial charge in [-0.25, -0.2) is 9.78 Å². The van der Waals surface area contributed by atoms with E-state index in [2.05, 4.69) is 24.1 Å². The van der Waals surface area contributed by atoms with E-state index >= 15 is 0 Å². The number of nitrogens with two attached hydrogens (primary N) is 1. The van der Waals surface area contributed by atoms with E-state index in [1.807, 2.05) is 11.8 Å². The fraction of sp³-hybridized carbons (Fsp3) is 0.500. The van der Waals surface area contributed by atoms with Crippen molar-refractivity contribution in [2.45, 2.75) is 19.9 Å². The Labute approximate surface area is 111 Å². The number of anilines is 2. The number of carbonyl (C=O) groups is 1. The molecule has 100 valence electrons. The molecule has 18 heavy (non-hydrogen) atoms. The summed E-state index contributed by atoms with van der Waals surface area (Å²) >= 11 is 1.83. The molecule has 0 saturated carbocycles. The van der Waals surface area contributed by atoms with Gasteiger partial charge in [-0.15, -0.1) is 0 Å². The Morgan fingerprint density at radius 1 is 1.67 bits per heavy atom. The number of hydrogen-bond acceptors (Lipinski definition) is 6. The van der Waals surface area contributed by atoms with Crippen molar-refractivity contribution in [2.24, 2.45) is 0 Å². The molecule has 1 aromatic heterocycles. The Morgan fingerprint density at radius 3 is 3.00 bits per heavy atom. The number of esters is 1. The van der Waals surface area contributed by atoms with Crippen LogP contribution in [0.25, 0.3) is 0 Å². The monoisotopic (exact) mass is 269 g/mol. The highest BCUT2D eigenvalue weighted by Gasteiger charge is 2.14. The SMILES string of the molecule is CCSCC(C)Nc1cnc(N)cc1C(=O)OC. The molecule has 0 aromatic carbocycles. The molecular weight excluding hydrogens is 250 g/mol. The zero-order valence-electron chi connectivity index (χ0n) is 10.9. The molecule has 0 spiro atoms. The summed E-state index contributed by atoms with van der Waals surface area (Å²) in [6, 6.07) is 1.76. The molecule has 3 N–H and O–H groups in total. The number of ether oxygens (including phenoxy) is 1. The second-order valence-corrected chi connectivity index (χ2v) is 5.17. The molecule has 6 heteroatoms. The fourth-order valence-electron chi connectivity index (χ4n) is 1.47. The molecule has 0 aliphatic carbocycles. The number of nitrogens with zero attached hydrogens (tertiary/aromatic N) is 1. The van der Waals surface area contributed by atoms with Crippen molar-refractivity contribution in [3.05, 3.63) is 17.8 Å². The number of nitrogen functional groups attached to an aromatic ring is 1. The zero-order valence-corrected chi connectivity index (χ0v) is 11.7. The molecule has 0 bridgehead atoms. The van der Waals surface area contributed by atoms with Gasteiger partial charge in [0.2, 0.25) is 0 Å². The molecular formula is C12H19N3O2S. The number of methoxy groups -OCH3 is 1. The van der Waals surface area contributed by atoms with E-state index in [0.29, 0.717) is 17.1 Å². The van der Waals surface area contributed by atoms with Gasteiger partial charge in [0.15, 0.2) is 0 Å². The minimum Gasteiger partial charge on any atom is -0.465 e. The van der Waals surface area contributed by atoms with E-state index in [4.69, 9.17) is 10.5 Å². The molecule has 1 unspecified atom stereocenters. The van der Waals surface area contributed by atoms with Crippen LogP contribution in [0.2, 0.25) is 0 Å². The highest BCUT2D eigenvalue weighted by molar-refractivity contribution is 7.99. The first kappa shape index (κ1) is 14.6. The van der Waals surface area contributed by atoms with Crippen molar-refractivity contribution in [2.75, 3.05) is 29.7 Å². The molecule has 1 atom stereocenters. The van der Waals surface area contributed by atoms with Gasteiger partial charge >= 0.3 is 5.97 Å². The minimum absolute atomic E-state index is 0.240. The molecule has 0 fully saturated rings. The first-order valence-corrected chi connectivity index (χ1v) is 6.92. The van der Waals surface area contributed by atoms with E-state index in [9.17, 15) is 4.79 Å². The van der Waals surface area contributed by atoms with E-state index in [0.717, 1.165) is 11.5 Å². The predicted molar refractivity (Wildman–Crippen MR) is 76.1 cm³/mol.